The van der Waals surface area contributed by atoms with E-state index in [4.69, 9.17) is 4.74 Å². The molecule has 1 aliphatic rings. The number of hydrogen-bond acceptors (Lipinski definition) is 2. The number of rotatable bonds is 4. The van der Waals surface area contributed by atoms with Crippen molar-refractivity contribution < 1.29 is 14.2 Å². The normalized spacial score (nSPS) is 25.6. The molecule has 2 unspecified atom stereocenters. The molecule has 0 spiro atoms. The highest BCUT2D eigenvalue weighted by molar-refractivity contribution is 5.33. The van der Waals surface area contributed by atoms with Crippen molar-refractivity contribution in [1.82, 2.24) is 0 Å². The Morgan fingerprint density at radius 1 is 1.39 bits per heavy atom. The molecular formula is C15H21FO2. The van der Waals surface area contributed by atoms with Crippen molar-refractivity contribution in [2.75, 3.05) is 0 Å². The molecule has 0 heterocycles. The molecule has 2 rings (SSSR count). The average molecular weight is 252 g/mol. The van der Waals surface area contributed by atoms with E-state index >= 15 is 0 Å². The molecule has 1 aromatic rings. The molecular weight excluding hydrogens is 231 g/mol. The van der Waals surface area contributed by atoms with Gasteiger partial charge in [-0.25, -0.2) is 4.39 Å². The third-order valence-corrected chi connectivity index (χ3v) is 4.46. The zero-order chi connectivity index (χ0) is 13.3. The van der Waals surface area contributed by atoms with E-state index in [1.54, 1.807) is 6.07 Å². The quantitative estimate of drug-likeness (QED) is 0.889. The summed E-state index contributed by atoms with van der Waals surface area (Å²) in [7, 11) is 0. The third-order valence-electron chi connectivity index (χ3n) is 4.46. The fraction of sp³-hybridized carbons (Fsp3) is 0.600. The second-order valence-electron chi connectivity index (χ2n) is 5.21. The second kappa shape index (κ2) is 4.88. The van der Waals surface area contributed by atoms with Crippen LogP contribution in [0.1, 0.15) is 38.7 Å². The van der Waals surface area contributed by atoms with Crippen molar-refractivity contribution in [2.24, 2.45) is 5.41 Å². The van der Waals surface area contributed by atoms with E-state index in [0.29, 0.717) is 6.42 Å². The lowest BCUT2D eigenvalue weighted by Gasteiger charge is -2.52. The first-order valence-electron chi connectivity index (χ1n) is 6.64. The Kier molecular flexibility index (Phi) is 3.62. The number of halogens is 1. The minimum Gasteiger partial charge on any atom is -0.489 e. The Morgan fingerprint density at radius 3 is 2.56 bits per heavy atom. The van der Waals surface area contributed by atoms with Crippen molar-refractivity contribution in [1.29, 1.82) is 0 Å². The standard InChI is InChI=1S/C15H21FO2/c1-4-15(5-2)13(17)9-14(15)18-12-7-6-11(16)8-10(12)3/h6-8,13-14,17H,4-5,9H2,1-3H3. The molecule has 0 aliphatic heterocycles. The number of aliphatic hydroxyl groups is 1. The van der Waals surface area contributed by atoms with Gasteiger partial charge in [0, 0.05) is 11.8 Å². The molecule has 2 atom stereocenters. The number of benzene rings is 1. The lowest BCUT2D eigenvalue weighted by atomic mass is 9.60. The monoisotopic (exact) mass is 252 g/mol. The zero-order valence-electron chi connectivity index (χ0n) is 11.2. The van der Waals surface area contributed by atoms with E-state index < -0.39 is 0 Å². The summed E-state index contributed by atoms with van der Waals surface area (Å²) in [4.78, 5) is 0. The molecule has 1 N–H and O–H groups in total. The van der Waals surface area contributed by atoms with E-state index in [0.717, 1.165) is 24.2 Å². The lowest BCUT2D eigenvalue weighted by Crippen LogP contribution is -2.59. The lowest BCUT2D eigenvalue weighted by molar-refractivity contribution is -0.159. The molecule has 18 heavy (non-hydrogen) atoms. The van der Waals surface area contributed by atoms with E-state index in [1.165, 1.54) is 12.1 Å². The van der Waals surface area contributed by atoms with E-state index in [1.807, 2.05) is 6.92 Å². The number of aryl methyl sites for hydroxylation is 1. The van der Waals surface area contributed by atoms with Crippen molar-refractivity contribution in [3.05, 3.63) is 29.6 Å². The van der Waals surface area contributed by atoms with Crippen molar-refractivity contribution in [2.45, 2.75) is 52.2 Å². The van der Waals surface area contributed by atoms with E-state index in [9.17, 15) is 9.50 Å². The van der Waals surface area contributed by atoms with Gasteiger partial charge in [-0.05, 0) is 43.5 Å². The average Bonchev–Trinajstić information content (AvgIpc) is 2.33. The van der Waals surface area contributed by atoms with Crippen LogP contribution in [0.4, 0.5) is 4.39 Å². The van der Waals surface area contributed by atoms with E-state index in [-0.39, 0.29) is 23.4 Å². The molecule has 1 aliphatic carbocycles. The first-order chi connectivity index (χ1) is 8.53. The molecule has 0 aromatic heterocycles. The van der Waals surface area contributed by atoms with Crippen LogP contribution in [0.15, 0.2) is 18.2 Å². The Hall–Kier alpha value is -1.09. The Morgan fingerprint density at radius 2 is 2.06 bits per heavy atom. The van der Waals surface area contributed by atoms with Gasteiger partial charge in [0.1, 0.15) is 17.7 Å². The Bertz CT molecular complexity index is 427. The van der Waals surface area contributed by atoms with Gasteiger partial charge < -0.3 is 9.84 Å². The molecule has 2 nitrogen and oxygen atoms in total. The van der Waals surface area contributed by atoms with Crippen LogP contribution < -0.4 is 4.74 Å². The number of hydrogen-bond donors (Lipinski definition) is 1. The van der Waals surface area contributed by atoms with Crippen LogP contribution in [0, 0.1) is 18.2 Å². The van der Waals surface area contributed by atoms with Crippen molar-refractivity contribution in [3.8, 4) is 5.75 Å². The van der Waals surface area contributed by atoms with Gasteiger partial charge in [-0.1, -0.05) is 13.8 Å². The molecule has 0 amide bonds. The highest BCUT2D eigenvalue weighted by Crippen LogP contribution is 2.49. The van der Waals surface area contributed by atoms with E-state index in [2.05, 4.69) is 13.8 Å². The first kappa shape index (κ1) is 13.3. The van der Waals surface area contributed by atoms with Gasteiger partial charge in [0.05, 0.1) is 6.10 Å². The fourth-order valence-electron chi connectivity index (χ4n) is 2.97. The largest absolute Gasteiger partial charge is 0.489 e. The van der Waals surface area contributed by atoms with Gasteiger partial charge in [0.25, 0.3) is 0 Å². The van der Waals surface area contributed by atoms with Crippen molar-refractivity contribution in [3.63, 3.8) is 0 Å². The maximum absolute atomic E-state index is 13.0. The predicted molar refractivity (Wildman–Crippen MR) is 69.2 cm³/mol. The molecule has 0 radical (unpaired) electrons. The zero-order valence-corrected chi connectivity index (χ0v) is 11.2. The van der Waals surface area contributed by atoms with Gasteiger partial charge in [0.15, 0.2) is 0 Å². The summed E-state index contributed by atoms with van der Waals surface area (Å²) in [6.45, 7) is 6.01. The summed E-state index contributed by atoms with van der Waals surface area (Å²) in [5.41, 5.74) is 0.665. The fourth-order valence-corrected chi connectivity index (χ4v) is 2.97. The van der Waals surface area contributed by atoms with Crippen LogP contribution in [0.3, 0.4) is 0 Å². The summed E-state index contributed by atoms with van der Waals surface area (Å²) >= 11 is 0. The van der Waals surface area contributed by atoms with Gasteiger partial charge in [-0.3, -0.25) is 0 Å². The molecule has 0 saturated heterocycles. The van der Waals surface area contributed by atoms with Crippen LogP contribution in [-0.2, 0) is 0 Å². The summed E-state index contributed by atoms with van der Waals surface area (Å²) in [6, 6.07) is 4.56. The Labute approximate surface area is 108 Å². The number of ether oxygens (including phenoxy) is 1. The second-order valence-corrected chi connectivity index (χ2v) is 5.21. The molecule has 1 fully saturated rings. The predicted octanol–water partition coefficient (Wildman–Crippen LogP) is 3.45. The van der Waals surface area contributed by atoms with Gasteiger partial charge >= 0.3 is 0 Å². The van der Waals surface area contributed by atoms with Gasteiger partial charge in [-0.2, -0.15) is 0 Å². The van der Waals surface area contributed by atoms with Gasteiger partial charge in [0.2, 0.25) is 0 Å². The third kappa shape index (κ3) is 2.01. The van der Waals surface area contributed by atoms with Crippen LogP contribution in [0.25, 0.3) is 0 Å². The first-order valence-corrected chi connectivity index (χ1v) is 6.64. The Balaban J connectivity index is 2.15. The van der Waals surface area contributed by atoms with Crippen LogP contribution in [0.2, 0.25) is 0 Å². The van der Waals surface area contributed by atoms with Crippen molar-refractivity contribution >= 4 is 0 Å². The maximum Gasteiger partial charge on any atom is 0.123 e. The minimum atomic E-state index is -0.279. The van der Waals surface area contributed by atoms with Crippen LogP contribution in [-0.4, -0.2) is 17.3 Å². The molecule has 1 saturated carbocycles. The molecule has 3 heteroatoms. The highest BCUT2D eigenvalue weighted by Gasteiger charge is 2.53. The van der Waals surface area contributed by atoms with Crippen LogP contribution in [0.5, 0.6) is 5.75 Å². The highest BCUT2D eigenvalue weighted by atomic mass is 19.1. The molecule has 100 valence electrons. The molecule has 0 bridgehead atoms. The minimum absolute atomic E-state index is 0.0339. The topological polar surface area (TPSA) is 29.5 Å². The van der Waals surface area contributed by atoms with Gasteiger partial charge in [-0.15, -0.1) is 0 Å². The smallest absolute Gasteiger partial charge is 0.123 e. The summed E-state index contributed by atoms with van der Waals surface area (Å²) < 4.78 is 19.0. The summed E-state index contributed by atoms with van der Waals surface area (Å²) in [6.07, 6.45) is 2.22. The number of aliphatic hydroxyl groups excluding tert-OH is 1. The SMILES string of the molecule is CCC1(CC)C(O)CC1Oc1ccc(F)cc1C. The summed E-state index contributed by atoms with van der Waals surface area (Å²) in [5, 5.41) is 9.98. The summed E-state index contributed by atoms with van der Waals surface area (Å²) in [5.74, 6) is 0.477. The molecule has 1 aromatic carbocycles. The van der Waals surface area contributed by atoms with Crippen LogP contribution >= 0.6 is 0 Å². The maximum atomic E-state index is 13.0.